The van der Waals surface area contributed by atoms with Crippen molar-refractivity contribution in [2.24, 2.45) is 11.8 Å². The van der Waals surface area contributed by atoms with Gasteiger partial charge in [0, 0.05) is 12.1 Å². The lowest BCUT2D eigenvalue weighted by Crippen LogP contribution is -2.28. The van der Waals surface area contributed by atoms with Crippen LogP contribution in [-0.4, -0.2) is 22.3 Å². The van der Waals surface area contributed by atoms with E-state index < -0.39 is 0 Å². The second kappa shape index (κ2) is 6.96. The van der Waals surface area contributed by atoms with Crippen molar-refractivity contribution < 1.29 is 0 Å². The third-order valence-electron chi connectivity index (χ3n) is 3.77. The predicted octanol–water partition coefficient (Wildman–Crippen LogP) is 2.86. The first kappa shape index (κ1) is 14.4. The number of nitrogens with zero attached hydrogens (tertiary/aromatic N) is 2. The zero-order valence-corrected chi connectivity index (χ0v) is 12.5. The standard InChI is InChI=1S/C13H23N5S/c1-9(10-6-4-3-5-7-10)15-11-8-12(18-14)17-13(16-11)19-2/h8-10H,3-7,14H2,1-2H3,(H2,15,16,17,18). The monoisotopic (exact) mass is 281 g/mol. The number of aromatic nitrogens is 2. The fourth-order valence-electron chi connectivity index (χ4n) is 2.65. The van der Waals surface area contributed by atoms with Gasteiger partial charge in [0.05, 0.1) is 0 Å². The fourth-order valence-corrected chi connectivity index (χ4v) is 3.03. The summed E-state index contributed by atoms with van der Waals surface area (Å²) in [4.78, 5) is 8.75. The van der Waals surface area contributed by atoms with Gasteiger partial charge in [-0.15, -0.1) is 0 Å². The van der Waals surface area contributed by atoms with E-state index in [0.29, 0.717) is 11.9 Å². The molecule has 1 aromatic rings. The van der Waals surface area contributed by atoms with Gasteiger partial charge in [0.15, 0.2) is 5.16 Å². The number of thioether (sulfide) groups is 1. The summed E-state index contributed by atoms with van der Waals surface area (Å²) in [6, 6.07) is 2.30. The molecule has 0 saturated heterocycles. The number of nitrogen functional groups attached to an aromatic ring is 1. The molecule has 1 aliphatic carbocycles. The van der Waals surface area contributed by atoms with Crippen LogP contribution in [0, 0.1) is 5.92 Å². The summed E-state index contributed by atoms with van der Waals surface area (Å²) in [5.41, 5.74) is 2.59. The van der Waals surface area contributed by atoms with Gasteiger partial charge < -0.3 is 10.7 Å². The molecule has 5 nitrogen and oxygen atoms in total. The lowest BCUT2D eigenvalue weighted by molar-refractivity contribution is 0.328. The Balaban J connectivity index is 2.04. The van der Waals surface area contributed by atoms with Crippen molar-refractivity contribution >= 4 is 23.4 Å². The topological polar surface area (TPSA) is 75.9 Å². The zero-order valence-electron chi connectivity index (χ0n) is 11.6. The Labute approximate surface area is 119 Å². The van der Waals surface area contributed by atoms with Crippen LogP contribution in [0.4, 0.5) is 11.6 Å². The lowest BCUT2D eigenvalue weighted by atomic mass is 9.84. The van der Waals surface area contributed by atoms with Crippen LogP contribution < -0.4 is 16.6 Å². The molecule has 1 fully saturated rings. The van der Waals surface area contributed by atoms with Gasteiger partial charge in [-0.1, -0.05) is 31.0 Å². The highest BCUT2D eigenvalue weighted by Gasteiger charge is 2.20. The lowest BCUT2D eigenvalue weighted by Gasteiger charge is -2.28. The molecule has 1 atom stereocenters. The molecule has 0 radical (unpaired) electrons. The molecule has 4 N–H and O–H groups in total. The van der Waals surface area contributed by atoms with Gasteiger partial charge in [0.25, 0.3) is 0 Å². The highest BCUT2D eigenvalue weighted by molar-refractivity contribution is 7.98. The maximum absolute atomic E-state index is 5.44. The van der Waals surface area contributed by atoms with E-state index in [1.807, 2.05) is 12.3 Å². The van der Waals surface area contributed by atoms with E-state index in [9.17, 15) is 0 Å². The summed E-state index contributed by atoms with van der Waals surface area (Å²) in [6.07, 6.45) is 8.68. The highest BCUT2D eigenvalue weighted by atomic mass is 32.2. The van der Waals surface area contributed by atoms with Crippen LogP contribution in [0.25, 0.3) is 0 Å². The number of nitrogens with two attached hydrogens (primary N) is 1. The van der Waals surface area contributed by atoms with E-state index in [-0.39, 0.29) is 0 Å². The summed E-state index contributed by atoms with van der Waals surface area (Å²) in [5, 5.41) is 4.23. The van der Waals surface area contributed by atoms with E-state index in [0.717, 1.165) is 16.9 Å². The first-order valence-electron chi connectivity index (χ1n) is 6.89. The molecule has 1 heterocycles. The molecule has 1 aliphatic rings. The predicted molar refractivity (Wildman–Crippen MR) is 81.3 cm³/mol. The van der Waals surface area contributed by atoms with E-state index in [1.54, 1.807) is 0 Å². The number of rotatable bonds is 5. The Bertz CT molecular complexity index is 384. The van der Waals surface area contributed by atoms with Crippen LogP contribution >= 0.6 is 11.8 Å². The Morgan fingerprint density at radius 2 is 1.95 bits per heavy atom. The normalized spacial score (nSPS) is 18.1. The third-order valence-corrected chi connectivity index (χ3v) is 4.32. The van der Waals surface area contributed by atoms with Crippen LogP contribution in [-0.2, 0) is 0 Å². The quantitative estimate of drug-likeness (QED) is 0.333. The van der Waals surface area contributed by atoms with Crippen LogP contribution in [0.1, 0.15) is 39.0 Å². The average Bonchev–Trinajstić information content (AvgIpc) is 2.47. The molecule has 6 heteroatoms. The minimum Gasteiger partial charge on any atom is -0.367 e. The number of nitrogens with one attached hydrogen (secondary N) is 2. The van der Waals surface area contributed by atoms with Crippen molar-refractivity contribution in [1.82, 2.24) is 9.97 Å². The smallest absolute Gasteiger partial charge is 0.191 e. The summed E-state index contributed by atoms with van der Waals surface area (Å²) in [5.74, 6) is 7.69. The molecule has 2 rings (SSSR count). The van der Waals surface area contributed by atoms with Crippen molar-refractivity contribution in [1.29, 1.82) is 0 Å². The van der Waals surface area contributed by atoms with E-state index >= 15 is 0 Å². The Kier molecular flexibility index (Phi) is 5.27. The first-order valence-corrected chi connectivity index (χ1v) is 8.11. The van der Waals surface area contributed by atoms with Crippen LogP contribution in [0.5, 0.6) is 0 Å². The SMILES string of the molecule is CSc1nc(NN)cc(NC(C)C2CCCCC2)n1. The molecule has 106 valence electrons. The molecule has 1 unspecified atom stereocenters. The molecule has 0 bridgehead atoms. The number of hydrogen-bond acceptors (Lipinski definition) is 6. The molecule has 19 heavy (non-hydrogen) atoms. The van der Waals surface area contributed by atoms with Crippen molar-refractivity contribution in [3.8, 4) is 0 Å². The van der Waals surface area contributed by atoms with Gasteiger partial charge in [0.2, 0.25) is 0 Å². The minimum absolute atomic E-state index is 0.440. The van der Waals surface area contributed by atoms with Crippen molar-refractivity contribution in [2.45, 2.75) is 50.2 Å². The number of hydrazine groups is 1. The fraction of sp³-hybridized carbons (Fsp3) is 0.692. The van der Waals surface area contributed by atoms with Crippen molar-refractivity contribution in [3.05, 3.63) is 6.07 Å². The summed E-state index contributed by atoms with van der Waals surface area (Å²) in [6.45, 7) is 2.24. The Morgan fingerprint density at radius 1 is 1.26 bits per heavy atom. The van der Waals surface area contributed by atoms with Gasteiger partial charge in [-0.05, 0) is 31.9 Å². The van der Waals surface area contributed by atoms with Crippen molar-refractivity contribution in [2.75, 3.05) is 17.0 Å². The zero-order chi connectivity index (χ0) is 13.7. The second-order valence-corrected chi connectivity index (χ2v) is 5.87. The Morgan fingerprint density at radius 3 is 2.58 bits per heavy atom. The molecule has 1 aromatic heterocycles. The highest BCUT2D eigenvalue weighted by Crippen LogP contribution is 2.28. The molecule has 0 amide bonds. The summed E-state index contributed by atoms with van der Waals surface area (Å²) >= 11 is 1.52. The number of hydrogen-bond donors (Lipinski definition) is 3. The summed E-state index contributed by atoms with van der Waals surface area (Å²) in [7, 11) is 0. The first-order chi connectivity index (χ1) is 9.22. The molecule has 1 saturated carbocycles. The third kappa shape index (κ3) is 3.98. The molecular weight excluding hydrogens is 258 g/mol. The minimum atomic E-state index is 0.440. The average molecular weight is 281 g/mol. The van der Waals surface area contributed by atoms with E-state index in [1.165, 1.54) is 43.9 Å². The van der Waals surface area contributed by atoms with Gasteiger partial charge in [-0.3, -0.25) is 0 Å². The largest absolute Gasteiger partial charge is 0.367 e. The van der Waals surface area contributed by atoms with Gasteiger partial charge >= 0.3 is 0 Å². The van der Waals surface area contributed by atoms with Gasteiger partial charge in [0.1, 0.15) is 11.6 Å². The van der Waals surface area contributed by atoms with E-state index in [2.05, 4.69) is 27.6 Å². The van der Waals surface area contributed by atoms with E-state index in [4.69, 9.17) is 5.84 Å². The number of anilines is 2. The van der Waals surface area contributed by atoms with Crippen LogP contribution in [0.3, 0.4) is 0 Å². The second-order valence-electron chi connectivity index (χ2n) is 5.10. The molecular formula is C13H23N5S. The Hall–Kier alpha value is -1.01. The van der Waals surface area contributed by atoms with Crippen molar-refractivity contribution in [3.63, 3.8) is 0 Å². The van der Waals surface area contributed by atoms with Gasteiger partial charge in [-0.25, -0.2) is 15.8 Å². The van der Waals surface area contributed by atoms with Crippen LogP contribution in [0.2, 0.25) is 0 Å². The maximum atomic E-state index is 5.44. The molecule has 0 aromatic carbocycles. The summed E-state index contributed by atoms with van der Waals surface area (Å²) < 4.78 is 0. The van der Waals surface area contributed by atoms with Gasteiger partial charge in [-0.2, -0.15) is 0 Å². The molecule has 0 spiro atoms. The maximum Gasteiger partial charge on any atom is 0.191 e. The van der Waals surface area contributed by atoms with Crippen LogP contribution in [0.15, 0.2) is 11.2 Å². The molecule has 0 aliphatic heterocycles.